The van der Waals surface area contributed by atoms with Gasteiger partial charge in [0.2, 0.25) is 23.6 Å². The van der Waals surface area contributed by atoms with Gasteiger partial charge in [-0.1, -0.05) is 90.0 Å². The Balaban J connectivity index is 1.28. The maximum Gasteiger partial charge on any atom is 0.234 e. The first kappa shape index (κ1) is 26.7. The SMILES string of the molecule is O=C1[C@H]2[C@H](CC=C3[C@H]2C[C@H]2C(=O)N(Cc4ccccc4)C(=O)[C@H]2[C@H]3c2ccc(O)cc2Cl)C(=O)N1Cc1ccccc1. The lowest BCUT2D eigenvalue weighted by Crippen LogP contribution is -2.43. The van der Waals surface area contributed by atoms with Gasteiger partial charge in [-0.05, 0) is 47.6 Å². The van der Waals surface area contributed by atoms with Gasteiger partial charge in [0.05, 0.1) is 36.8 Å². The van der Waals surface area contributed by atoms with E-state index in [4.69, 9.17) is 11.6 Å². The third kappa shape index (κ3) is 4.18. The molecule has 2 aliphatic carbocycles. The smallest absolute Gasteiger partial charge is 0.234 e. The Morgan fingerprint density at radius 1 is 0.690 bits per heavy atom. The summed E-state index contributed by atoms with van der Waals surface area (Å²) in [6, 6.07) is 23.5. The molecule has 0 aromatic heterocycles. The normalized spacial score (nSPS) is 28.5. The molecule has 3 aromatic carbocycles. The van der Waals surface area contributed by atoms with Crippen molar-refractivity contribution in [2.24, 2.45) is 29.6 Å². The number of imide groups is 2. The monoisotopic (exact) mass is 580 g/mol. The fourth-order valence-corrected chi connectivity index (χ4v) is 7.97. The van der Waals surface area contributed by atoms with E-state index in [1.165, 1.54) is 21.9 Å². The van der Waals surface area contributed by atoms with Crippen LogP contribution in [0.5, 0.6) is 5.75 Å². The van der Waals surface area contributed by atoms with Crippen molar-refractivity contribution in [3.05, 3.63) is 112 Å². The highest BCUT2D eigenvalue weighted by Crippen LogP contribution is 2.58. The van der Waals surface area contributed by atoms with Gasteiger partial charge in [-0.25, -0.2) is 0 Å². The number of hydrogen-bond donors (Lipinski definition) is 1. The molecule has 3 fully saturated rings. The number of allylic oxidation sites excluding steroid dienone is 2. The van der Waals surface area contributed by atoms with Crippen LogP contribution < -0.4 is 0 Å². The first-order valence-corrected chi connectivity index (χ1v) is 14.7. The van der Waals surface area contributed by atoms with Gasteiger partial charge >= 0.3 is 0 Å². The van der Waals surface area contributed by atoms with Crippen LogP contribution in [0.25, 0.3) is 0 Å². The molecule has 3 aromatic rings. The lowest BCUT2D eigenvalue weighted by atomic mass is 9.57. The average Bonchev–Trinajstić information content (AvgIpc) is 3.37. The number of amides is 4. The lowest BCUT2D eigenvalue weighted by molar-refractivity contribution is -0.142. The predicted octanol–water partition coefficient (Wildman–Crippen LogP) is 5.08. The van der Waals surface area contributed by atoms with Gasteiger partial charge in [0, 0.05) is 10.9 Å². The zero-order valence-electron chi connectivity index (χ0n) is 22.7. The molecule has 0 bridgehead atoms. The van der Waals surface area contributed by atoms with Crippen molar-refractivity contribution in [1.82, 2.24) is 9.80 Å². The minimum Gasteiger partial charge on any atom is -0.508 e. The van der Waals surface area contributed by atoms with Crippen LogP contribution in [0.2, 0.25) is 5.02 Å². The highest BCUT2D eigenvalue weighted by atomic mass is 35.5. The van der Waals surface area contributed by atoms with Gasteiger partial charge in [0.25, 0.3) is 0 Å². The number of likely N-dealkylation sites (tertiary alicyclic amines) is 2. The van der Waals surface area contributed by atoms with Crippen LogP contribution >= 0.6 is 11.6 Å². The molecule has 0 spiro atoms. The zero-order valence-corrected chi connectivity index (χ0v) is 23.5. The maximum atomic E-state index is 14.0. The minimum absolute atomic E-state index is 0.00185. The molecule has 8 heteroatoms. The number of phenolic OH excluding ortho intramolecular Hbond substituents is 1. The van der Waals surface area contributed by atoms with Crippen LogP contribution in [0.1, 0.15) is 35.4 Å². The summed E-state index contributed by atoms with van der Waals surface area (Å²) in [5, 5.41) is 10.4. The summed E-state index contributed by atoms with van der Waals surface area (Å²) in [5.74, 6) is -4.31. The number of phenols is 1. The summed E-state index contributed by atoms with van der Waals surface area (Å²) < 4.78 is 0. The molecule has 2 saturated heterocycles. The first-order chi connectivity index (χ1) is 20.3. The quantitative estimate of drug-likeness (QED) is 0.335. The standard InChI is InChI=1S/C34H29ClN2O5/c35-27-15-21(38)11-12-23(27)28-22-13-14-24-29(33(41)36(31(24)39)17-19-7-3-1-4-8-19)25(22)16-26-30(28)34(42)37(32(26)40)18-20-9-5-2-6-10-20/h1-13,15,24-26,28-30,38H,14,16-18H2/t24-,25+,26+,28+,29-,30+/m0/s1. The van der Waals surface area contributed by atoms with E-state index in [0.717, 1.165) is 16.7 Å². The fourth-order valence-electron chi connectivity index (χ4n) is 7.68. The van der Waals surface area contributed by atoms with E-state index >= 15 is 0 Å². The molecule has 4 amide bonds. The molecule has 42 heavy (non-hydrogen) atoms. The summed E-state index contributed by atoms with van der Waals surface area (Å²) >= 11 is 6.68. The Kier molecular flexibility index (Phi) is 6.50. The number of benzene rings is 3. The highest BCUT2D eigenvalue weighted by Gasteiger charge is 2.62. The Hall–Kier alpha value is -4.23. The van der Waals surface area contributed by atoms with E-state index in [1.807, 2.05) is 66.7 Å². The highest BCUT2D eigenvalue weighted by molar-refractivity contribution is 6.31. The molecular formula is C34H29ClN2O5. The van der Waals surface area contributed by atoms with Gasteiger partial charge in [-0.3, -0.25) is 29.0 Å². The van der Waals surface area contributed by atoms with Gasteiger partial charge in [-0.2, -0.15) is 0 Å². The van der Waals surface area contributed by atoms with Crippen molar-refractivity contribution in [1.29, 1.82) is 0 Å². The van der Waals surface area contributed by atoms with E-state index < -0.39 is 29.6 Å². The molecule has 2 aliphatic heterocycles. The van der Waals surface area contributed by atoms with E-state index in [0.29, 0.717) is 23.4 Å². The van der Waals surface area contributed by atoms with E-state index in [9.17, 15) is 24.3 Å². The maximum absolute atomic E-state index is 14.0. The predicted molar refractivity (Wildman–Crippen MR) is 155 cm³/mol. The van der Waals surface area contributed by atoms with Gasteiger partial charge in [0.15, 0.2) is 0 Å². The van der Waals surface area contributed by atoms with Crippen LogP contribution in [0.3, 0.4) is 0 Å². The van der Waals surface area contributed by atoms with Gasteiger partial charge in [-0.15, -0.1) is 0 Å². The fraction of sp³-hybridized carbons (Fsp3) is 0.294. The molecule has 0 radical (unpaired) electrons. The number of rotatable bonds is 5. The van der Waals surface area contributed by atoms with Gasteiger partial charge < -0.3 is 5.11 Å². The number of fused-ring (bicyclic) bond motifs is 4. The van der Waals surface area contributed by atoms with Crippen LogP contribution in [0.15, 0.2) is 90.5 Å². The third-order valence-electron chi connectivity index (χ3n) is 9.52. The van der Waals surface area contributed by atoms with E-state index in [-0.39, 0.29) is 48.4 Å². The second-order valence-corrected chi connectivity index (χ2v) is 12.1. The molecule has 7 nitrogen and oxygen atoms in total. The molecule has 4 aliphatic rings. The number of nitrogens with zero attached hydrogens (tertiary/aromatic N) is 2. The van der Waals surface area contributed by atoms with Crippen molar-refractivity contribution in [3.8, 4) is 5.75 Å². The number of hydrogen-bond acceptors (Lipinski definition) is 5. The second-order valence-electron chi connectivity index (χ2n) is 11.7. The zero-order chi connectivity index (χ0) is 29.1. The van der Waals surface area contributed by atoms with Crippen molar-refractivity contribution >= 4 is 35.2 Å². The Labute approximate surface area is 248 Å². The molecule has 7 rings (SSSR count). The molecular weight excluding hydrogens is 552 g/mol. The summed E-state index contributed by atoms with van der Waals surface area (Å²) in [6.07, 6.45) is 2.70. The molecule has 6 atom stereocenters. The first-order valence-electron chi connectivity index (χ1n) is 14.3. The topological polar surface area (TPSA) is 95.0 Å². The second kappa shape index (κ2) is 10.2. The third-order valence-corrected chi connectivity index (χ3v) is 9.84. The Morgan fingerprint density at radius 3 is 1.86 bits per heavy atom. The summed E-state index contributed by atoms with van der Waals surface area (Å²) in [7, 11) is 0. The molecule has 0 unspecified atom stereocenters. The number of halogens is 1. The molecule has 1 saturated carbocycles. The van der Waals surface area contributed by atoms with E-state index in [2.05, 4.69) is 0 Å². The summed E-state index contributed by atoms with van der Waals surface area (Å²) in [4.78, 5) is 58.2. The summed E-state index contributed by atoms with van der Waals surface area (Å²) in [6.45, 7) is 0.370. The van der Waals surface area contributed by atoms with Crippen molar-refractivity contribution in [3.63, 3.8) is 0 Å². The van der Waals surface area contributed by atoms with Crippen LogP contribution in [0, 0.1) is 29.6 Å². The largest absolute Gasteiger partial charge is 0.508 e. The Morgan fingerprint density at radius 2 is 1.26 bits per heavy atom. The molecule has 212 valence electrons. The molecule has 2 heterocycles. The van der Waals surface area contributed by atoms with Crippen molar-refractivity contribution in [2.45, 2.75) is 31.8 Å². The number of carbonyl (C=O) groups is 4. The lowest BCUT2D eigenvalue weighted by Gasteiger charge is -2.44. The summed E-state index contributed by atoms with van der Waals surface area (Å²) in [5.41, 5.74) is 3.24. The minimum atomic E-state index is -0.685. The number of aromatic hydroxyl groups is 1. The number of carbonyl (C=O) groups excluding carboxylic acids is 4. The van der Waals surface area contributed by atoms with Crippen molar-refractivity contribution in [2.75, 3.05) is 0 Å². The van der Waals surface area contributed by atoms with Crippen LogP contribution in [-0.2, 0) is 32.3 Å². The van der Waals surface area contributed by atoms with Crippen molar-refractivity contribution < 1.29 is 24.3 Å². The molecule has 1 N–H and O–H groups in total. The van der Waals surface area contributed by atoms with E-state index in [1.54, 1.807) is 6.07 Å². The van der Waals surface area contributed by atoms with Crippen LogP contribution in [-0.4, -0.2) is 38.5 Å². The van der Waals surface area contributed by atoms with Crippen LogP contribution in [0.4, 0.5) is 0 Å². The average molecular weight is 581 g/mol. The van der Waals surface area contributed by atoms with Gasteiger partial charge in [0.1, 0.15) is 5.75 Å². The Bertz CT molecular complexity index is 1640.